The number of aromatic amines is 1. The van der Waals surface area contributed by atoms with E-state index in [-0.39, 0.29) is 31.1 Å². The summed E-state index contributed by atoms with van der Waals surface area (Å²) in [7, 11) is 0. The fourth-order valence-electron chi connectivity index (χ4n) is 3.99. The number of hydrogen-bond donors (Lipinski definition) is 3. The van der Waals surface area contributed by atoms with Crippen LogP contribution in [0.1, 0.15) is 28.6 Å². The molecule has 5 heteroatoms. The van der Waals surface area contributed by atoms with Crippen molar-refractivity contribution < 1.29 is 14.0 Å². The van der Waals surface area contributed by atoms with Crippen LogP contribution in [0.5, 0.6) is 0 Å². The first-order chi connectivity index (χ1) is 13.3. The van der Waals surface area contributed by atoms with Crippen LogP contribution in [-0.2, 0) is 11.2 Å². The third-order valence-corrected chi connectivity index (χ3v) is 5.42. The maximum atomic E-state index is 12.8. The molecule has 0 fully saturated rings. The maximum Gasteiger partial charge on any atom is 0.228 e. The first-order valence-corrected chi connectivity index (χ1v) is 8.82. The molecule has 2 heterocycles. The largest absolute Gasteiger partial charge is 0.394 e. The van der Waals surface area contributed by atoms with Gasteiger partial charge in [-0.3, -0.25) is 9.69 Å². The number of aliphatic hydroxyl groups is 1. The van der Waals surface area contributed by atoms with Crippen molar-refractivity contribution >= 4 is 22.4 Å². The third kappa shape index (κ3) is 2.68. The Morgan fingerprint density at radius 2 is 2.44 bits per heavy atom. The summed E-state index contributed by atoms with van der Waals surface area (Å²) in [6.07, 6.45) is 5.10. The Kier molecular flexibility index (Phi) is 3.32. The fourth-order valence-corrected chi connectivity index (χ4v) is 3.99. The number of H-pyrrole nitrogens is 1. The van der Waals surface area contributed by atoms with Crippen LogP contribution < -0.4 is 5.32 Å². The molecular weight excluding hydrogens is 315 g/mol. The molecule has 3 N–H and O–H groups in total. The molecule has 3 atom stereocenters. The Morgan fingerprint density at radius 1 is 1.56 bits per heavy atom. The molecule has 1 aliphatic heterocycles. The quantitative estimate of drug-likeness (QED) is 0.743. The smallest absolute Gasteiger partial charge is 0.228 e. The summed E-state index contributed by atoms with van der Waals surface area (Å²) in [6, 6.07) is 5.34. The number of carbonyl (C=O) groups is 1. The van der Waals surface area contributed by atoms with E-state index >= 15 is 0 Å². The van der Waals surface area contributed by atoms with Crippen molar-refractivity contribution in [3.8, 4) is 0 Å². The topological polar surface area (TPSA) is 68.4 Å². The van der Waals surface area contributed by atoms with Crippen molar-refractivity contribution in [2.75, 3.05) is 20.1 Å². The van der Waals surface area contributed by atoms with E-state index in [0.29, 0.717) is 12.8 Å². The Morgan fingerprint density at radius 3 is 3.20 bits per heavy atom. The number of likely N-dealkylation sites (N-methyl/N-ethyl adjacent to an activating group) is 1. The molecule has 2 aliphatic rings. The Balaban J connectivity index is 1.78. The van der Waals surface area contributed by atoms with Crippen molar-refractivity contribution in [1.82, 2.24) is 15.2 Å². The average Bonchev–Trinajstić information content (AvgIpc) is 3.09. The van der Waals surface area contributed by atoms with Crippen LogP contribution in [0.4, 0.5) is 0 Å². The van der Waals surface area contributed by atoms with Crippen LogP contribution in [0.25, 0.3) is 16.5 Å². The van der Waals surface area contributed by atoms with Gasteiger partial charge in [-0.05, 0) is 42.6 Å². The Bertz CT molecular complexity index is 930. The van der Waals surface area contributed by atoms with Gasteiger partial charge in [0.2, 0.25) is 5.91 Å². The molecule has 4 rings (SSSR count). The van der Waals surface area contributed by atoms with Gasteiger partial charge in [0.15, 0.2) is 0 Å². The van der Waals surface area contributed by atoms with Gasteiger partial charge in [0, 0.05) is 33.8 Å². The Labute approximate surface area is 151 Å². The monoisotopic (exact) mass is 343 g/mol. The van der Waals surface area contributed by atoms with Crippen LogP contribution in [0.3, 0.4) is 0 Å². The number of aromatic nitrogens is 1. The summed E-state index contributed by atoms with van der Waals surface area (Å²) in [5, 5.41) is 13.3. The summed E-state index contributed by atoms with van der Waals surface area (Å²) in [5.41, 5.74) is 4.02. The van der Waals surface area contributed by atoms with E-state index in [1.807, 2.05) is 37.4 Å². The molecule has 0 saturated carbocycles. The summed E-state index contributed by atoms with van der Waals surface area (Å²) in [6.45, 7) is -0.413. The van der Waals surface area contributed by atoms with Gasteiger partial charge in [0.05, 0.1) is 18.6 Å². The highest BCUT2D eigenvalue weighted by molar-refractivity contribution is 5.99. The minimum atomic E-state index is -2.30. The molecule has 1 aliphatic carbocycles. The van der Waals surface area contributed by atoms with Crippen molar-refractivity contribution in [3.63, 3.8) is 0 Å². The average molecular weight is 343 g/mol. The summed E-state index contributed by atoms with van der Waals surface area (Å²) >= 11 is 0. The highest BCUT2D eigenvalue weighted by atomic mass is 16.3. The zero-order chi connectivity index (χ0) is 20.1. The van der Waals surface area contributed by atoms with E-state index in [1.165, 1.54) is 4.90 Å². The molecule has 2 aromatic rings. The molecule has 0 radical (unpaired) electrons. The van der Waals surface area contributed by atoms with Crippen LogP contribution in [0, 0.1) is 5.92 Å². The number of amides is 1. The lowest BCUT2D eigenvalue weighted by atomic mass is 9.80. The third-order valence-electron chi connectivity index (χ3n) is 5.42. The second kappa shape index (κ2) is 6.32. The van der Waals surface area contributed by atoms with Crippen LogP contribution in [0.15, 0.2) is 30.5 Å². The number of hydrogen-bond acceptors (Lipinski definition) is 3. The van der Waals surface area contributed by atoms with E-state index in [0.717, 1.165) is 27.6 Å². The number of rotatable bonds is 4. The van der Waals surface area contributed by atoms with Gasteiger partial charge in [-0.15, -0.1) is 0 Å². The SMILES string of the molecule is [2H][13C]([2H])([2H])N1C[C@H](C(=O)N[C@@H](CC)CO)C=C2c3cccc4[nH]cc(c34)C[C@H]21. The molecule has 0 unspecified atom stereocenters. The van der Waals surface area contributed by atoms with Crippen molar-refractivity contribution in [3.05, 3.63) is 41.6 Å². The number of nitrogens with one attached hydrogen (secondary N) is 2. The molecule has 25 heavy (non-hydrogen) atoms. The first-order valence-electron chi connectivity index (χ1n) is 10.3. The molecular formula is C20H25N3O2. The lowest BCUT2D eigenvalue weighted by Crippen LogP contribution is -2.48. The highest BCUT2D eigenvalue weighted by Crippen LogP contribution is 2.40. The molecule has 1 aromatic heterocycles. The van der Waals surface area contributed by atoms with Crippen LogP contribution >= 0.6 is 0 Å². The van der Waals surface area contributed by atoms with Gasteiger partial charge in [-0.1, -0.05) is 25.1 Å². The number of nitrogens with zero attached hydrogens (tertiary/aromatic N) is 1. The fraction of sp³-hybridized carbons (Fsp3) is 0.450. The van der Waals surface area contributed by atoms with Gasteiger partial charge < -0.3 is 15.4 Å². The van der Waals surface area contributed by atoms with E-state index in [2.05, 4.69) is 10.3 Å². The molecule has 5 nitrogen and oxygen atoms in total. The van der Waals surface area contributed by atoms with Crippen molar-refractivity contribution in [2.45, 2.75) is 31.8 Å². The minimum absolute atomic E-state index is 0.133. The van der Waals surface area contributed by atoms with Crippen LogP contribution in [-0.4, -0.2) is 53.1 Å². The highest BCUT2D eigenvalue weighted by Gasteiger charge is 2.35. The predicted molar refractivity (Wildman–Crippen MR) is 99.2 cm³/mol. The van der Waals surface area contributed by atoms with Gasteiger partial charge in [0.1, 0.15) is 0 Å². The molecule has 1 aromatic carbocycles. The predicted octanol–water partition coefficient (Wildman–Crippen LogP) is 1.92. The summed E-state index contributed by atoms with van der Waals surface area (Å²) in [4.78, 5) is 17.6. The molecule has 132 valence electrons. The number of benzene rings is 1. The van der Waals surface area contributed by atoms with Crippen molar-refractivity contribution in [1.29, 1.82) is 0 Å². The number of carbonyl (C=O) groups excluding carboxylic acids is 1. The summed E-state index contributed by atoms with van der Waals surface area (Å²) in [5.74, 6) is -0.823. The molecule has 0 spiro atoms. The normalized spacial score (nSPS) is 26.2. The van der Waals surface area contributed by atoms with Gasteiger partial charge in [-0.2, -0.15) is 0 Å². The molecule has 0 saturated heterocycles. The number of fused-ring (bicyclic) bond motifs is 2. The second-order valence-electron chi connectivity index (χ2n) is 6.94. The van der Waals surface area contributed by atoms with E-state index in [4.69, 9.17) is 4.11 Å². The van der Waals surface area contributed by atoms with Crippen molar-refractivity contribution in [2.24, 2.45) is 5.92 Å². The molecule has 0 bridgehead atoms. The van der Waals surface area contributed by atoms with Gasteiger partial charge in [-0.25, -0.2) is 0 Å². The number of aliphatic hydroxyl groups excluding tert-OH is 1. The standard InChI is InChI=1S/C20H25N3O2/c1-3-14(11-24)22-20(25)13-7-16-15-5-4-6-17-19(15)12(9-21-17)8-18(16)23(2)10-13/h4-7,9,13-14,18,21,24H,3,8,10-11H2,1-2H3,(H,22,25)/t13-,14+,18-/m1/s1/i2+1D3. The van der Waals surface area contributed by atoms with E-state index < -0.39 is 12.9 Å². The van der Waals surface area contributed by atoms with Crippen LogP contribution in [0.2, 0.25) is 0 Å². The minimum Gasteiger partial charge on any atom is -0.394 e. The zero-order valence-corrected chi connectivity index (χ0v) is 14.2. The lowest BCUT2D eigenvalue weighted by Gasteiger charge is -2.39. The second-order valence-corrected chi connectivity index (χ2v) is 6.94. The maximum absolute atomic E-state index is 12.8. The van der Waals surface area contributed by atoms with Gasteiger partial charge in [0.25, 0.3) is 0 Å². The van der Waals surface area contributed by atoms with E-state index in [1.54, 1.807) is 0 Å². The Hall–Kier alpha value is -2.11. The first kappa shape index (κ1) is 13.1. The summed E-state index contributed by atoms with van der Waals surface area (Å²) < 4.78 is 24.1. The zero-order valence-electron chi connectivity index (χ0n) is 17.2. The lowest BCUT2D eigenvalue weighted by molar-refractivity contribution is -0.125. The van der Waals surface area contributed by atoms with E-state index in [9.17, 15) is 9.90 Å². The molecule has 1 amide bonds. The van der Waals surface area contributed by atoms with Gasteiger partial charge >= 0.3 is 0 Å².